The number of carbonyl (C=O) groups excluding carboxylic acids is 2. The average molecular weight is 521 g/mol. The highest BCUT2D eigenvalue weighted by atomic mass is 16.6. The molecule has 0 saturated heterocycles. The smallest absolute Gasteiger partial charge is 0.251 e. The van der Waals surface area contributed by atoms with Gasteiger partial charge in [-0.2, -0.15) is 0 Å². The number of carbonyl (C=O) groups is 2. The van der Waals surface area contributed by atoms with Crippen LogP contribution in [0.4, 0.5) is 0 Å². The molecule has 0 spiro atoms. The lowest BCUT2D eigenvalue weighted by Gasteiger charge is -2.15. The molecule has 0 bridgehead atoms. The molecule has 3 N–H and O–H groups in total. The Kier molecular flexibility index (Phi) is 18.1. The largest absolute Gasteiger partial charge is 0.491 e. The van der Waals surface area contributed by atoms with Crippen LogP contribution in [0, 0.1) is 0 Å². The third-order valence-electron chi connectivity index (χ3n) is 4.59. The number of amides is 2. The lowest BCUT2D eigenvalue weighted by molar-refractivity contribution is -0.126. The molecule has 0 aromatic heterocycles. The average Bonchev–Trinajstić information content (AvgIpc) is 2.88. The Morgan fingerprint density at radius 2 is 1.92 bits per heavy atom. The first-order chi connectivity index (χ1) is 18.0. The number of ether oxygens (including phenoxy) is 4. The number of hydrogen-bond acceptors (Lipinski definition) is 8. The van der Waals surface area contributed by atoms with Crippen molar-refractivity contribution >= 4 is 11.8 Å². The van der Waals surface area contributed by atoms with E-state index in [1.165, 1.54) is 0 Å². The molecule has 0 radical (unpaired) electrons. The quantitative estimate of drug-likeness (QED) is 0.0739. The van der Waals surface area contributed by atoms with Gasteiger partial charge < -0.3 is 34.9 Å². The van der Waals surface area contributed by atoms with Crippen molar-refractivity contribution in [3.63, 3.8) is 0 Å². The summed E-state index contributed by atoms with van der Waals surface area (Å²) in [7, 11) is 0. The van der Waals surface area contributed by atoms with Gasteiger partial charge in [0.1, 0.15) is 19.0 Å². The van der Waals surface area contributed by atoms with E-state index in [0.717, 1.165) is 6.42 Å². The number of rotatable bonds is 21. The van der Waals surface area contributed by atoms with E-state index < -0.39 is 6.23 Å². The van der Waals surface area contributed by atoms with Crippen molar-refractivity contribution in [2.24, 2.45) is 5.11 Å². The van der Waals surface area contributed by atoms with Crippen molar-refractivity contribution in [1.82, 2.24) is 16.0 Å². The van der Waals surface area contributed by atoms with Crippen molar-refractivity contribution in [3.8, 4) is 5.75 Å². The van der Waals surface area contributed by atoms with Crippen molar-refractivity contribution in [2.45, 2.75) is 39.5 Å². The van der Waals surface area contributed by atoms with Gasteiger partial charge in [-0.15, -0.1) is 0 Å². The van der Waals surface area contributed by atoms with Gasteiger partial charge in [-0.05, 0) is 30.2 Å². The summed E-state index contributed by atoms with van der Waals surface area (Å²) >= 11 is 0. The highest BCUT2D eigenvalue weighted by Gasteiger charge is 2.11. The Balaban J connectivity index is 2.27. The van der Waals surface area contributed by atoms with E-state index in [9.17, 15) is 9.59 Å². The molecular weight excluding hydrogens is 480 g/mol. The van der Waals surface area contributed by atoms with E-state index in [1.807, 2.05) is 32.9 Å². The number of allylic oxidation sites excluding steroid dienone is 1. The summed E-state index contributed by atoms with van der Waals surface area (Å²) in [6, 6.07) is 7.03. The van der Waals surface area contributed by atoms with E-state index in [-0.39, 0.29) is 38.2 Å². The van der Waals surface area contributed by atoms with Crippen LogP contribution in [0.15, 0.2) is 41.5 Å². The van der Waals surface area contributed by atoms with E-state index in [2.05, 4.69) is 26.0 Å². The molecule has 37 heavy (non-hydrogen) atoms. The fourth-order valence-electron chi connectivity index (χ4n) is 2.81. The normalized spacial score (nSPS) is 11.8. The molecule has 0 aliphatic carbocycles. The zero-order chi connectivity index (χ0) is 27.1. The predicted octanol–water partition coefficient (Wildman–Crippen LogP) is 2.56. The Labute approximate surface area is 218 Å². The van der Waals surface area contributed by atoms with Gasteiger partial charge in [0.15, 0.2) is 6.23 Å². The van der Waals surface area contributed by atoms with Gasteiger partial charge in [0.25, 0.3) is 5.91 Å². The third kappa shape index (κ3) is 17.0. The second-order valence-electron chi connectivity index (χ2n) is 8.09. The Bertz CT molecular complexity index is 860. The van der Waals surface area contributed by atoms with Gasteiger partial charge in [-0.3, -0.25) is 9.59 Å². The monoisotopic (exact) mass is 520 g/mol. The lowest BCUT2D eigenvalue weighted by atomic mass is 10.2. The number of nitrogens with one attached hydrogen (secondary N) is 3. The lowest BCUT2D eigenvalue weighted by Crippen LogP contribution is -2.34. The van der Waals surface area contributed by atoms with Crippen LogP contribution in [-0.4, -0.2) is 83.4 Å². The molecule has 1 aromatic rings. The molecule has 0 aliphatic rings. The van der Waals surface area contributed by atoms with Gasteiger partial charge in [-0.1, -0.05) is 44.1 Å². The summed E-state index contributed by atoms with van der Waals surface area (Å²) in [5, 5.41) is 12.3. The number of nitrogens with zero attached hydrogens (tertiary/aromatic N) is 3. The molecular formula is C25H40N6O6. The van der Waals surface area contributed by atoms with Gasteiger partial charge in [-0.25, -0.2) is 0 Å². The fraction of sp³-hybridized carbons (Fsp3) is 0.600. The van der Waals surface area contributed by atoms with Crippen LogP contribution in [0.3, 0.4) is 0 Å². The summed E-state index contributed by atoms with van der Waals surface area (Å²) in [6.07, 6.45) is 4.01. The Hall–Kier alpha value is -3.15. The highest BCUT2D eigenvalue weighted by molar-refractivity contribution is 5.94. The molecule has 0 aliphatic heterocycles. The standard InChI is InChI=1S/C25H40N6O6/c1-4-5-6-13-34-14-12-28-23(32)18-35-15-16-36-24(30-31-26)19-37-22-9-7-8-21(17-22)25(33)29-11-10-27-20(2)3/h5-9,17,20,24,27H,4,10-16,18-19H2,1-3H3,(H,28,32)(H,29,33)/b6-5+. The van der Waals surface area contributed by atoms with E-state index in [4.69, 9.17) is 24.5 Å². The van der Waals surface area contributed by atoms with Crippen molar-refractivity contribution in [1.29, 1.82) is 0 Å². The molecule has 2 amide bonds. The SMILES string of the molecule is CC/C=C/COCCNC(=O)COCCOC(COc1cccc(C(=O)NCCNC(C)C)c1)N=[N+]=[N-]. The molecule has 1 rings (SSSR count). The molecule has 1 atom stereocenters. The second-order valence-corrected chi connectivity index (χ2v) is 8.09. The zero-order valence-corrected chi connectivity index (χ0v) is 22.0. The van der Waals surface area contributed by atoms with Crippen LogP contribution in [-0.2, 0) is 19.0 Å². The molecule has 1 unspecified atom stereocenters. The second kappa shape index (κ2) is 21.0. The summed E-state index contributed by atoms with van der Waals surface area (Å²) in [5.74, 6) is -0.0348. The molecule has 12 heteroatoms. The van der Waals surface area contributed by atoms with Crippen molar-refractivity contribution in [3.05, 3.63) is 52.4 Å². The Morgan fingerprint density at radius 3 is 2.68 bits per heavy atom. The topological polar surface area (TPSA) is 156 Å². The number of benzene rings is 1. The summed E-state index contributed by atoms with van der Waals surface area (Å²) in [4.78, 5) is 26.8. The minimum absolute atomic E-state index is 0.0542. The van der Waals surface area contributed by atoms with Crippen molar-refractivity contribution < 1.29 is 28.5 Å². The zero-order valence-electron chi connectivity index (χ0n) is 22.0. The van der Waals surface area contributed by atoms with E-state index in [1.54, 1.807) is 24.3 Å². The first kappa shape index (κ1) is 31.9. The van der Waals surface area contributed by atoms with Gasteiger partial charge >= 0.3 is 0 Å². The maximum Gasteiger partial charge on any atom is 0.251 e. The molecule has 0 saturated carbocycles. The van der Waals surface area contributed by atoms with Crippen LogP contribution in [0.2, 0.25) is 0 Å². The van der Waals surface area contributed by atoms with E-state index >= 15 is 0 Å². The molecule has 0 fully saturated rings. The summed E-state index contributed by atoms with van der Waals surface area (Å²) in [5.41, 5.74) is 9.25. The molecule has 0 heterocycles. The van der Waals surface area contributed by atoms with Crippen LogP contribution < -0.4 is 20.7 Å². The van der Waals surface area contributed by atoms with Gasteiger partial charge in [0.2, 0.25) is 5.91 Å². The van der Waals surface area contributed by atoms with Crippen LogP contribution in [0.25, 0.3) is 10.4 Å². The number of hydrogen-bond donors (Lipinski definition) is 3. The first-order valence-corrected chi connectivity index (χ1v) is 12.4. The molecule has 206 valence electrons. The maximum atomic E-state index is 12.3. The molecule has 12 nitrogen and oxygen atoms in total. The number of azide groups is 1. The Morgan fingerprint density at radius 1 is 1.08 bits per heavy atom. The van der Waals surface area contributed by atoms with E-state index in [0.29, 0.717) is 50.2 Å². The minimum Gasteiger partial charge on any atom is -0.491 e. The minimum atomic E-state index is -0.902. The predicted molar refractivity (Wildman–Crippen MR) is 140 cm³/mol. The van der Waals surface area contributed by atoms with Crippen LogP contribution in [0.1, 0.15) is 37.6 Å². The summed E-state index contributed by atoms with van der Waals surface area (Å²) < 4.78 is 21.7. The molecule has 1 aromatic carbocycles. The van der Waals surface area contributed by atoms with Gasteiger partial charge in [0.05, 0.1) is 26.4 Å². The maximum absolute atomic E-state index is 12.3. The first-order valence-electron chi connectivity index (χ1n) is 12.4. The van der Waals surface area contributed by atoms with Crippen LogP contribution in [0.5, 0.6) is 5.75 Å². The fourth-order valence-corrected chi connectivity index (χ4v) is 2.81. The third-order valence-corrected chi connectivity index (χ3v) is 4.59. The van der Waals surface area contributed by atoms with Gasteiger partial charge in [0, 0.05) is 36.2 Å². The van der Waals surface area contributed by atoms with Crippen LogP contribution >= 0.6 is 0 Å². The highest BCUT2D eigenvalue weighted by Crippen LogP contribution is 2.14. The van der Waals surface area contributed by atoms with Crippen molar-refractivity contribution in [2.75, 3.05) is 59.3 Å². The summed E-state index contributed by atoms with van der Waals surface area (Å²) in [6.45, 7) is 8.68.